The van der Waals surface area contributed by atoms with E-state index in [0.717, 1.165) is 17.2 Å². The Labute approximate surface area is 200 Å². The molecule has 1 saturated heterocycles. The van der Waals surface area contributed by atoms with Crippen LogP contribution in [0.25, 0.3) is 11.2 Å². The molecule has 8 atom stereocenters. The smallest absolute Gasteiger partial charge is 0.394 e. The van der Waals surface area contributed by atoms with Gasteiger partial charge in [0, 0.05) is 0 Å². The van der Waals surface area contributed by atoms with Gasteiger partial charge in [0.2, 0.25) is 0 Å². The first-order chi connectivity index (χ1) is 16.7. The van der Waals surface area contributed by atoms with Crippen LogP contribution in [-0.2, 0) is 24.5 Å². The number of aldehydes is 1. The quantitative estimate of drug-likeness (QED) is 0.103. The summed E-state index contributed by atoms with van der Waals surface area (Å²) in [5.41, 5.74) is 5.63. The molecular formula is C16H26N5O14P. The zero-order valence-corrected chi connectivity index (χ0v) is 19.0. The number of aliphatic hydroxyl groups is 8. The first-order valence-corrected chi connectivity index (χ1v) is 11.4. The van der Waals surface area contributed by atoms with E-state index in [9.17, 15) is 34.5 Å². The van der Waals surface area contributed by atoms with Gasteiger partial charge in [0.25, 0.3) is 5.91 Å². The molecule has 0 saturated carbocycles. The first-order valence-electron chi connectivity index (χ1n) is 9.87. The lowest BCUT2D eigenvalue weighted by atomic mass is 10.0. The van der Waals surface area contributed by atoms with E-state index < -0.39 is 69.7 Å². The monoisotopic (exact) mass is 543 g/mol. The average molecular weight is 543 g/mol. The van der Waals surface area contributed by atoms with E-state index in [4.69, 9.17) is 36.0 Å². The number of phosphoric ester groups is 1. The van der Waals surface area contributed by atoms with Gasteiger partial charge in [-0.2, -0.15) is 0 Å². The van der Waals surface area contributed by atoms with Crippen molar-refractivity contribution in [1.29, 1.82) is 0 Å². The summed E-state index contributed by atoms with van der Waals surface area (Å²) in [4.78, 5) is 39.8. The molecule has 0 aromatic carbocycles. The van der Waals surface area contributed by atoms with Crippen LogP contribution in [0, 0.1) is 0 Å². The molecule has 0 bridgehead atoms. The highest BCUT2D eigenvalue weighted by molar-refractivity contribution is 7.46. The number of fused-ring (bicyclic) bond motifs is 1. The second kappa shape index (κ2) is 11.9. The van der Waals surface area contributed by atoms with Crippen molar-refractivity contribution < 1.29 is 69.3 Å². The third-order valence-corrected chi connectivity index (χ3v) is 5.45. The SMILES string of the molecule is Nc1ncnc2c1ncn2[C@]1(OP(=O)(O)O)O[C@H](CO)[C@@H](O)[C@H]1O.O=C[C@H](O)[C@@H](O)[C@H](O)[C@H](O)CO. The number of anilines is 1. The predicted octanol–water partition coefficient (Wildman–Crippen LogP) is -6.14. The standard InChI is InChI=1S/C10H14N5O8P.C6H12O6/c11-8-5-9(13-2-12-8)15(3-14-5)10(23-24(19,20)21)7(18)6(17)4(1-16)22-10;7-1-3(9)5(11)6(12)4(10)2-8/h2-4,6-7,16-18H,1H2,(H2,11,12,13)(H2,19,20,21);1,3-6,8-12H,2H2/t4-,6-,7-,10+;3-,4+,5+,6+/m10/s1. The average Bonchev–Trinajstić information content (AvgIpc) is 3.38. The van der Waals surface area contributed by atoms with Crippen LogP contribution in [0.2, 0.25) is 0 Å². The summed E-state index contributed by atoms with van der Waals surface area (Å²) in [5, 5.41) is 73.0. The molecule has 0 unspecified atom stereocenters. The summed E-state index contributed by atoms with van der Waals surface area (Å²) >= 11 is 0. The van der Waals surface area contributed by atoms with E-state index in [0.29, 0.717) is 0 Å². The number of phosphoric acid groups is 1. The molecule has 1 aliphatic rings. The van der Waals surface area contributed by atoms with Crippen molar-refractivity contribution in [3.63, 3.8) is 0 Å². The molecule has 12 N–H and O–H groups in total. The third-order valence-electron chi connectivity index (χ3n) is 4.95. The molecule has 0 spiro atoms. The molecule has 36 heavy (non-hydrogen) atoms. The first kappa shape index (κ1) is 30.0. The highest BCUT2D eigenvalue weighted by Gasteiger charge is 2.60. The molecule has 1 aliphatic heterocycles. The van der Waals surface area contributed by atoms with Crippen molar-refractivity contribution >= 4 is 31.1 Å². The number of aromatic nitrogens is 4. The van der Waals surface area contributed by atoms with Crippen molar-refractivity contribution in [2.45, 2.75) is 48.6 Å². The summed E-state index contributed by atoms with van der Waals surface area (Å²) in [6, 6.07) is 0. The van der Waals surface area contributed by atoms with Crippen LogP contribution in [0.4, 0.5) is 5.82 Å². The number of nitrogens with two attached hydrogens (primary N) is 1. The number of rotatable bonds is 9. The van der Waals surface area contributed by atoms with Gasteiger partial charge in [-0.3, -0.25) is 4.57 Å². The highest BCUT2D eigenvalue weighted by atomic mass is 31.2. The topological polar surface area (TPSA) is 325 Å². The number of hydrogen-bond donors (Lipinski definition) is 11. The summed E-state index contributed by atoms with van der Waals surface area (Å²) < 4.78 is 22.1. The molecule has 2 aromatic rings. The minimum atomic E-state index is -5.21. The Balaban J connectivity index is 0.000000324. The molecule has 3 rings (SSSR count). The molecule has 3 heterocycles. The van der Waals surface area contributed by atoms with Crippen LogP contribution in [0.3, 0.4) is 0 Å². The van der Waals surface area contributed by atoms with E-state index in [2.05, 4.69) is 19.5 Å². The fourth-order valence-electron chi connectivity index (χ4n) is 3.11. The van der Waals surface area contributed by atoms with Crippen molar-refractivity contribution in [2.24, 2.45) is 0 Å². The maximum atomic E-state index is 11.4. The van der Waals surface area contributed by atoms with Gasteiger partial charge in [-0.25, -0.2) is 24.0 Å². The van der Waals surface area contributed by atoms with Crippen molar-refractivity contribution in [3.8, 4) is 0 Å². The molecular weight excluding hydrogens is 517 g/mol. The minimum absolute atomic E-state index is 0.0258. The van der Waals surface area contributed by atoms with Gasteiger partial charge in [0.15, 0.2) is 23.9 Å². The molecule has 0 amide bonds. The fraction of sp³-hybridized carbons (Fsp3) is 0.625. The third kappa shape index (κ3) is 6.18. The van der Waals surface area contributed by atoms with Crippen molar-refractivity contribution in [3.05, 3.63) is 12.7 Å². The largest absolute Gasteiger partial charge is 0.473 e. The molecule has 20 heteroatoms. The normalized spacial score (nSPS) is 27.7. The van der Waals surface area contributed by atoms with Crippen molar-refractivity contribution in [1.82, 2.24) is 19.5 Å². The summed E-state index contributed by atoms with van der Waals surface area (Å²) in [6.07, 6.45) is -9.82. The minimum Gasteiger partial charge on any atom is -0.394 e. The fourth-order valence-corrected chi connectivity index (χ4v) is 3.69. The number of hydrogen-bond acceptors (Lipinski definition) is 16. The highest BCUT2D eigenvalue weighted by Crippen LogP contribution is 2.50. The molecule has 1 fully saturated rings. The van der Waals surface area contributed by atoms with Crippen LogP contribution >= 0.6 is 7.82 Å². The van der Waals surface area contributed by atoms with Gasteiger partial charge < -0.3 is 65.9 Å². The van der Waals surface area contributed by atoms with Crippen LogP contribution in [0.1, 0.15) is 0 Å². The van der Waals surface area contributed by atoms with Gasteiger partial charge in [-0.1, -0.05) is 0 Å². The second-order valence-electron chi connectivity index (χ2n) is 7.39. The Morgan fingerprint density at radius 1 is 1.17 bits per heavy atom. The van der Waals surface area contributed by atoms with Gasteiger partial charge in [-0.05, 0) is 0 Å². The maximum Gasteiger partial charge on any atom is 0.473 e. The van der Waals surface area contributed by atoms with Gasteiger partial charge in [-0.15, -0.1) is 0 Å². The van der Waals surface area contributed by atoms with Crippen molar-refractivity contribution in [2.75, 3.05) is 18.9 Å². The zero-order chi connectivity index (χ0) is 27.4. The molecule has 0 radical (unpaired) electrons. The lowest BCUT2D eigenvalue weighted by Gasteiger charge is -2.32. The van der Waals surface area contributed by atoms with E-state index in [1.54, 1.807) is 0 Å². The van der Waals surface area contributed by atoms with Crippen LogP contribution < -0.4 is 5.73 Å². The lowest BCUT2D eigenvalue weighted by Crippen LogP contribution is -2.47. The molecule has 2 aromatic heterocycles. The number of imidazole rings is 1. The number of ether oxygens (including phenoxy) is 1. The van der Waals surface area contributed by atoms with Gasteiger partial charge in [0.1, 0.15) is 54.8 Å². The molecule has 0 aliphatic carbocycles. The Morgan fingerprint density at radius 3 is 2.31 bits per heavy atom. The van der Waals surface area contributed by atoms with E-state index >= 15 is 0 Å². The van der Waals surface area contributed by atoms with Crippen LogP contribution in [-0.4, -0.2) is 132 Å². The number of carbonyl (C=O) groups is 1. The Bertz CT molecular complexity index is 1070. The Morgan fingerprint density at radius 2 is 1.81 bits per heavy atom. The van der Waals surface area contributed by atoms with E-state index in [1.165, 1.54) is 0 Å². The van der Waals surface area contributed by atoms with E-state index in [1.807, 2.05) is 0 Å². The number of nitrogen functional groups attached to an aromatic ring is 1. The molecule has 19 nitrogen and oxygen atoms in total. The van der Waals surface area contributed by atoms with E-state index in [-0.39, 0.29) is 23.3 Å². The number of aliphatic hydroxyl groups excluding tert-OH is 8. The maximum absolute atomic E-state index is 11.4. The van der Waals surface area contributed by atoms with Crippen LogP contribution in [0.5, 0.6) is 0 Å². The molecule has 204 valence electrons. The van der Waals surface area contributed by atoms with Gasteiger partial charge >= 0.3 is 7.82 Å². The zero-order valence-electron chi connectivity index (χ0n) is 18.1. The second-order valence-corrected chi connectivity index (χ2v) is 8.55. The van der Waals surface area contributed by atoms with Gasteiger partial charge in [0.05, 0.1) is 13.2 Å². The number of nitrogens with zero attached hydrogens (tertiary/aromatic N) is 4. The Kier molecular flexibility index (Phi) is 9.90. The summed E-state index contributed by atoms with van der Waals surface area (Å²) in [5.74, 6) is -2.61. The predicted molar refractivity (Wildman–Crippen MR) is 112 cm³/mol. The van der Waals surface area contributed by atoms with Crippen LogP contribution in [0.15, 0.2) is 12.7 Å². The summed E-state index contributed by atoms with van der Waals surface area (Å²) in [7, 11) is -5.21. The Hall–Kier alpha value is -2.23. The summed E-state index contributed by atoms with van der Waals surface area (Å²) in [6.45, 7) is -1.50. The lowest BCUT2D eigenvalue weighted by molar-refractivity contribution is -0.275. The number of carbonyl (C=O) groups excluding carboxylic acids is 1.